The second-order valence-corrected chi connectivity index (χ2v) is 6.01. The summed E-state index contributed by atoms with van der Waals surface area (Å²) in [6, 6.07) is -0.811. The van der Waals surface area contributed by atoms with Gasteiger partial charge in [-0.3, -0.25) is 29.1 Å². The summed E-state index contributed by atoms with van der Waals surface area (Å²) in [6.45, 7) is 7.89. The van der Waals surface area contributed by atoms with Gasteiger partial charge in [-0.25, -0.2) is 0 Å². The highest BCUT2D eigenvalue weighted by atomic mass is 16.6. The van der Waals surface area contributed by atoms with Crippen molar-refractivity contribution in [2.24, 2.45) is 0 Å². The fraction of sp³-hybridized carbons (Fsp3) is 0.500. The standard InChI is InChI=1S/C16H23N7O4/c1-5-7-17-16(25)14-12(8-21(6-2)20-14)18-15(24)11(4)22-9-13(23(26)27)10(3)19-22/h8-9,11H,5-7H2,1-4H3,(H,17,25)(H,18,24). The van der Waals surface area contributed by atoms with Crippen molar-refractivity contribution in [3.05, 3.63) is 33.9 Å². The number of aryl methyl sites for hydroxylation is 2. The predicted molar refractivity (Wildman–Crippen MR) is 97.5 cm³/mol. The van der Waals surface area contributed by atoms with Crippen LogP contribution in [0.5, 0.6) is 0 Å². The third kappa shape index (κ3) is 4.49. The van der Waals surface area contributed by atoms with Crippen LogP contribution in [0.4, 0.5) is 11.4 Å². The molecule has 2 rings (SSSR count). The fourth-order valence-corrected chi connectivity index (χ4v) is 2.37. The molecular formula is C16H23N7O4. The van der Waals surface area contributed by atoms with Crippen LogP contribution < -0.4 is 10.6 Å². The molecule has 0 radical (unpaired) electrons. The number of amides is 2. The molecule has 1 atom stereocenters. The molecule has 2 aromatic heterocycles. The quantitative estimate of drug-likeness (QED) is 0.530. The van der Waals surface area contributed by atoms with Gasteiger partial charge in [0.1, 0.15) is 17.9 Å². The Balaban J connectivity index is 2.21. The molecule has 27 heavy (non-hydrogen) atoms. The van der Waals surface area contributed by atoms with Gasteiger partial charge in [0.15, 0.2) is 5.69 Å². The minimum Gasteiger partial charge on any atom is -0.351 e. The Morgan fingerprint density at radius 3 is 2.56 bits per heavy atom. The topological polar surface area (TPSA) is 137 Å². The van der Waals surface area contributed by atoms with Crippen molar-refractivity contribution in [3.63, 3.8) is 0 Å². The van der Waals surface area contributed by atoms with Gasteiger partial charge in [0.2, 0.25) is 5.91 Å². The summed E-state index contributed by atoms with van der Waals surface area (Å²) in [5.74, 6) is -0.842. The highest BCUT2D eigenvalue weighted by Gasteiger charge is 2.24. The van der Waals surface area contributed by atoms with Crippen LogP contribution in [0.2, 0.25) is 0 Å². The SMILES string of the molecule is CCCNC(=O)c1nn(CC)cc1NC(=O)C(C)n1cc([N+](=O)[O-])c(C)n1. The number of rotatable bonds is 8. The summed E-state index contributed by atoms with van der Waals surface area (Å²) < 4.78 is 2.77. The number of carbonyl (C=O) groups is 2. The lowest BCUT2D eigenvalue weighted by Crippen LogP contribution is -2.28. The van der Waals surface area contributed by atoms with Crippen molar-refractivity contribution in [1.82, 2.24) is 24.9 Å². The second kappa shape index (κ2) is 8.43. The molecule has 2 aromatic rings. The van der Waals surface area contributed by atoms with E-state index in [0.717, 1.165) is 6.42 Å². The number of carbonyl (C=O) groups excluding carboxylic acids is 2. The van der Waals surface area contributed by atoms with Crippen LogP contribution in [0.1, 0.15) is 49.4 Å². The summed E-state index contributed by atoms with van der Waals surface area (Å²) in [6.07, 6.45) is 3.56. The van der Waals surface area contributed by atoms with E-state index in [0.29, 0.717) is 13.1 Å². The Labute approximate surface area is 155 Å². The molecule has 11 nitrogen and oxygen atoms in total. The normalized spacial score (nSPS) is 11.9. The van der Waals surface area contributed by atoms with Gasteiger partial charge in [0.25, 0.3) is 5.91 Å². The highest BCUT2D eigenvalue weighted by molar-refractivity contribution is 6.03. The van der Waals surface area contributed by atoms with Crippen LogP contribution in [0, 0.1) is 17.0 Å². The molecule has 0 saturated carbocycles. The molecule has 0 aliphatic heterocycles. The molecule has 0 aliphatic rings. The molecule has 0 aliphatic carbocycles. The number of hydrogen-bond acceptors (Lipinski definition) is 6. The van der Waals surface area contributed by atoms with Crippen LogP contribution in [-0.4, -0.2) is 42.8 Å². The maximum absolute atomic E-state index is 12.6. The van der Waals surface area contributed by atoms with Gasteiger partial charge in [0, 0.05) is 19.3 Å². The maximum Gasteiger partial charge on any atom is 0.309 e. The lowest BCUT2D eigenvalue weighted by atomic mass is 10.3. The van der Waals surface area contributed by atoms with E-state index < -0.39 is 16.9 Å². The van der Waals surface area contributed by atoms with Gasteiger partial charge in [-0.2, -0.15) is 10.2 Å². The zero-order chi connectivity index (χ0) is 20.1. The number of nitro groups is 1. The number of nitrogens with zero attached hydrogens (tertiary/aromatic N) is 5. The van der Waals surface area contributed by atoms with Crippen molar-refractivity contribution in [2.75, 3.05) is 11.9 Å². The van der Waals surface area contributed by atoms with Crippen molar-refractivity contribution in [3.8, 4) is 0 Å². The monoisotopic (exact) mass is 377 g/mol. The zero-order valence-corrected chi connectivity index (χ0v) is 15.7. The van der Waals surface area contributed by atoms with Crippen molar-refractivity contribution < 1.29 is 14.5 Å². The molecule has 0 saturated heterocycles. The summed E-state index contributed by atoms with van der Waals surface area (Å²) in [4.78, 5) is 35.3. The first-order valence-electron chi connectivity index (χ1n) is 8.65. The van der Waals surface area contributed by atoms with Gasteiger partial charge < -0.3 is 10.6 Å². The average molecular weight is 377 g/mol. The molecular weight excluding hydrogens is 354 g/mol. The first-order chi connectivity index (χ1) is 12.8. The Kier molecular flexibility index (Phi) is 6.27. The van der Waals surface area contributed by atoms with Crippen LogP contribution in [0.25, 0.3) is 0 Å². The molecule has 0 aromatic carbocycles. The molecule has 0 fully saturated rings. The molecule has 11 heteroatoms. The fourth-order valence-electron chi connectivity index (χ4n) is 2.37. The van der Waals surface area contributed by atoms with E-state index in [2.05, 4.69) is 20.8 Å². The first kappa shape index (κ1) is 20.1. The van der Waals surface area contributed by atoms with Crippen LogP contribution in [0.3, 0.4) is 0 Å². The Bertz CT molecular complexity index is 855. The summed E-state index contributed by atoms with van der Waals surface area (Å²) in [5.41, 5.74) is 0.459. The number of anilines is 1. The summed E-state index contributed by atoms with van der Waals surface area (Å²) in [7, 11) is 0. The largest absolute Gasteiger partial charge is 0.351 e. The van der Waals surface area contributed by atoms with Gasteiger partial charge >= 0.3 is 5.69 Å². The Hall–Kier alpha value is -3.24. The smallest absolute Gasteiger partial charge is 0.309 e. The molecule has 2 heterocycles. The number of hydrogen-bond donors (Lipinski definition) is 2. The van der Waals surface area contributed by atoms with Crippen molar-refractivity contribution in [2.45, 2.75) is 46.7 Å². The summed E-state index contributed by atoms with van der Waals surface area (Å²) >= 11 is 0. The molecule has 0 spiro atoms. The van der Waals surface area contributed by atoms with Gasteiger partial charge in [-0.15, -0.1) is 0 Å². The first-order valence-corrected chi connectivity index (χ1v) is 8.65. The van der Waals surface area contributed by atoms with Crippen molar-refractivity contribution >= 4 is 23.2 Å². The molecule has 1 unspecified atom stereocenters. The van der Waals surface area contributed by atoms with E-state index in [9.17, 15) is 19.7 Å². The third-order valence-corrected chi connectivity index (χ3v) is 3.96. The van der Waals surface area contributed by atoms with E-state index in [1.807, 2.05) is 13.8 Å². The Morgan fingerprint density at radius 2 is 2.00 bits per heavy atom. The minimum absolute atomic E-state index is 0.119. The zero-order valence-electron chi connectivity index (χ0n) is 15.7. The maximum atomic E-state index is 12.6. The van der Waals surface area contributed by atoms with E-state index in [4.69, 9.17) is 0 Å². The van der Waals surface area contributed by atoms with E-state index in [-0.39, 0.29) is 28.7 Å². The lowest BCUT2D eigenvalue weighted by Gasteiger charge is -2.12. The molecule has 2 N–H and O–H groups in total. The van der Waals surface area contributed by atoms with Crippen LogP contribution >= 0.6 is 0 Å². The predicted octanol–water partition coefficient (Wildman–Crippen LogP) is 1.66. The molecule has 146 valence electrons. The second-order valence-electron chi connectivity index (χ2n) is 6.01. The molecule has 0 bridgehead atoms. The highest BCUT2D eigenvalue weighted by Crippen LogP contribution is 2.20. The van der Waals surface area contributed by atoms with Crippen LogP contribution in [0.15, 0.2) is 12.4 Å². The van der Waals surface area contributed by atoms with Gasteiger partial charge in [-0.1, -0.05) is 6.92 Å². The number of aromatic nitrogens is 4. The third-order valence-electron chi connectivity index (χ3n) is 3.96. The van der Waals surface area contributed by atoms with Crippen LogP contribution in [-0.2, 0) is 11.3 Å². The minimum atomic E-state index is -0.811. The Morgan fingerprint density at radius 1 is 1.30 bits per heavy atom. The van der Waals surface area contributed by atoms with Gasteiger partial charge in [-0.05, 0) is 27.2 Å². The lowest BCUT2D eigenvalue weighted by molar-refractivity contribution is -0.385. The average Bonchev–Trinajstić information content (AvgIpc) is 3.22. The summed E-state index contributed by atoms with van der Waals surface area (Å²) in [5, 5.41) is 24.6. The van der Waals surface area contributed by atoms with E-state index in [1.54, 1.807) is 17.8 Å². The van der Waals surface area contributed by atoms with Crippen molar-refractivity contribution in [1.29, 1.82) is 0 Å². The number of nitrogens with one attached hydrogen (secondary N) is 2. The molecule has 2 amide bonds. The van der Waals surface area contributed by atoms with E-state index >= 15 is 0 Å². The van der Waals surface area contributed by atoms with Gasteiger partial charge in [0.05, 0.1) is 10.6 Å². The van der Waals surface area contributed by atoms with E-state index in [1.165, 1.54) is 17.8 Å².